The van der Waals surface area contributed by atoms with Crippen LogP contribution in [0.15, 0.2) is 0 Å². The summed E-state index contributed by atoms with van der Waals surface area (Å²) < 4.78 is 9.89. The average molecular weight is 208 g/mol. The van der Waals surface area contributed by atoms with Crippen molar-refractivity contribution in [2.75, 3.05) is 19.8 Å². The molecule has 1 fully saturated rings. The van der Waals surface area contributed by atoms with Crippen molar-refractivity contribution >= 4 is 0 Å². The van der Waals surface area contributed by atoms with Gasteiger partial charge < -0.3 is 29.9 Å². The molecule has 1 rings (SSSR count). The summed E-state index contributed by atoms with van der Waals surface area (Å²) >= 11 is 0. The van der Waals surface area contributed by atoms with Gasteiger partial charge in [0.15, 0.2) is 0 Å². The highest BCUT2D eigenvalue weighted by molar-refractivity contribution is 4.95. The molecule has 0 radical (unpaired) electrons. The smallest absolute Gasteiger partial charge is 0.219 e. The molecule has 0 bridgehead atoms. The van der Waals surface area contributed by atoms with Crippen LogP contribution < -0.4 is 0 Å². The van der Waals surface area contributed by atoms with Crippen molar-refractivity contribution in [1.29, 1.82) is 0 Å². The fraction of sp³-hybridized carbons (Fsp3) is 1.00. The zero-order valence-electron chi connectivity index (χ0n) is 7.96. The zero-order valence-corrected chi connectivity index (χ0v) is 7.96. The maximum Gasteiger partial charge on any atom is 0.219 e. The molecule has 0 aliphatic carbocycles. The minimum atomic E-state index is -2.08. The van der Waals surface area contributed by atoms with Gasteiger partial charge >= 0.3 is 0 Å². The molecular formula is C8H16O6. The summed E-state index contributed by atoms with van der Waals surface area (Å²) in [6.45, 7) is 1.51. The van der Waals surface area contributed by atoms with Crippen LogP contribution in [0.25, 0.3) is 0 Å². The Morgan fingerprint density at radius 3 is 2.50 bits per heavy atom. The van der Waals surface area contributed by atoms with Gasteiger partial charge in [-0.1, -0.05) is 0 Å². The Hall–Kier alpha value is -0.240. The number of ether oxygens (including phenoxy) is 2. The summed E-state index contributed by atoms with van der Waals surface area (Å²) in [7, 11) is 0. The molecule has 1 aliphatic heterocycles. The van der Waals surface area contributed by atoms with Crippen LogP contribution in [-0.2, 0) is 9.47 Å². The molecule has 0 aromatic carbocycles. The van der Waals surface area contributed by atoms with Gasteiger partial charge in [-0.15, -0.1) is 0 Å². The lowest BCUT2D eigenvalue weighted by Gasteiger charge is -2.22. The lowest BCUT2D eigenvalue weighted by molar-refractivity contribution is -0.249. The fourth-order valence-corrected chi connectivity index (χ4v) is 1.37. The van der Waals surface area contributed by atoms with Gasteiger partial charge in [-0.25, -0.2) is 0 Å². The second-order valence-electron chi connectivity index (χ2n) is 3.25. The zero-order chi connectivity index (χ0) is 10.8. The third-order valence-electron chi connectivity index (χ3n) is 2.23. The molecule has 6 nitrogen and oxygen atoms in total. The SMILES string of the molecule is CCOC[C@H]1O[C@@](O)(CO)[C@@H](O)[C@@H]1O. The Labute approximate surface area is 81.7 Å². The second kappa shape index (κ2) is 4.52. The highest BCUT2D eigenvalue weighted by Crippen LogP contribution is 2.28. The first kappa shape index (κ1) is 11.8. The standard InChI is InChI=1S/C8H16O6/c1-2-13-3-5-6(10)7(11)8(12,4-9)14-5/h5-7,9-12H,2-4H2,1H3/t5-,6-,7+,8+/m1/s1. The number of aliphatic hydroxyl groups is 4. The largest absolute Gasteiger partial charge is 0.391 e. The van der Waals surface area contributed by atoms with E-state index < -0.39 is 30.7 Å². The minimum absolute atomic E-state index is 0.0665. The van der Waals surface area contributed by atoms with Crippen LogP contribution in [0.4, 0.5) is 0 Å². The van der Waals surface area contributed by atoms with Crippen molar-refractivity contribution in [2.45, 2.75) is 31.0 Å². The molecule has 0 saturated carbocycles. The quantitative estimate of drug-likeness (QED) is 0.419. The van der Waals surface area contributed by atoms with E-state index in [1.807, 2.05) is 0 Å². The number of rotatable bonds is 4. The van der Waals surface area contributed by atoms with Gasteiger partial charge in [-0.3, -0.25) is 0 Å². The molecule has 1 heterocycles. The minimum Gasteiger partial charge on any atom is -0.391 e. The Balaban J connectivity index is 2.57. The molecular weight excluding hydrogens is 192 g/mol. The molecule has 1 aliphatic rings. The van der Waals surface area contributed by atoms with E-state index in [-0.39, 0.29) is 6.61 Å². The maximum absolute atomic E-state index is 9.47. The van der Waals surface area contributed by atoms with E-state index in [2.05, 4.69) is 0 Å². The van der Waals surface area contributed by atoms with Crippen molar-refractivity contribution in [3.05, 3.63) is 0 Å². The molecule has 1 saturated heterocycles. The van der Waals surface area contributed by atoms with Gasteiger partial charge in [-0.2, -0.15) is 0 Å². The van der Waals surface area contributed by atoms with Crippen LogP contribution in [0.2, 0.25) is 0 Å². The van der Waals surface area contributed by atoms with Crippen LogP contribution in [0, 0.1) is 0 Å². The lowest BCUT2D eigenvalue weighted by Crippen LogP contribution is -2.46. The summed E-state index contributed by atoms with van der Waals surface area (Å²) in [6, 6.07) is 0. The molecule has 0 aromatic heterocycles. The van der Waals surface area contributed by atoms with Gasteiger partial charge in [0.2, 0.25) is 5.79 Å². The van der Waals surface area contributed by atoms with Crippen LogP contribution >= 0.6 is 0 Å². The lowest BCUT2D eigenvalue weighted by atomic mass is 10.1. The summed E-state index contributed by atoms with van der Waals surface area (Å²) in [6.07, 6.45) is -3.58. The maximum atomic E-state index is 9.47. The topological polar surface area (TPSA) is 99.4 Å². The van der Waals surface area contributed by atoms with E-state index >= 15 is 0 Å². The Morgan fingerprint density at radius 2 is 2.07 bits per heavy atom. The van der Waals surface area contributed by atoms with Gasteiger partial charge in [0.25, 0.3) is 0 Å². The van der Waals surface area contributed by atoms with Crippen molar-refractivity contribution in [2.24, 2.45) is 0 Å². The third kappa shape index (κ3) is 2.05. The van der Waals surface area contributed by atoms with Crippen molar-refractivity contribution in [3.8, 4) is 0 Å². The van der Waals surface area contributed by atoms with Crippen LogP contribution in [0.3, 0.4) is 0 Å². The summed E-state index contributed by atoms with van der Waals surface area (Å²) in [4.78, 5) is 0. The van der Waals surface area contributed by atoms with Crippen LogP contribution in [0.1, 0.15) is 6.92 Å². The molecule has 4 N–H and O–H groups in total. The van der Waals surface area contributed by atoms with E-state index in [0.717, 1.165) is 0 Å². The number of aliphatic hydroxyl groups excluding tert-OH is 3. The first-order valence-corrected chi connectivity index (χ1v) is 4.50. The van der Waals surface area contributed by atoms with E-state index in [1.54, 1.807) is 6.92 Å². The summed E-state index contributed by atoms with van der Waals surface area (Å²) in [5, 5.41) is 37.0. The van der Waals surface area contributed by atoms with Crippen molar-refractivity contribution in [3.63, 3.8) is 0 Å². The van der Waals surface area contributed by atoms with E-state index in [4.69, 9.17) is 14.6 Å². The third-order valence-corrected chi connectivity index (χ3v) is 2.23. The summed E-state index contributed by atoms with van der Waals surface area (Å²) in [5.41, 5.74) is 0. The second-order valence-corrected chi connectivity index (χ2v) is 3.25. The number of hydrogen-bond donors (Lipinski definition) is 4. The van der Waals surface area contributed by atoms with Crippen LogP contribution in [-0.4, -0.2) is 64.3 Å². The molecule has 0 aromatic rings. The summed E-state index contributed by atoms with van der Waals surface area (Å²) in [5.74, 6) is -2.08. The predicted molar refractivity (Wildman–Crippen MR) is 45.4 cm³/mol. The highest BCUT2D eigenvalue weighted by Gasteiger charge is 2.52. The molecule has 0 amide bonds. The molecule has 84 valence electrons. The fourth-order valence-electron chi connectivity index (χ4n) is 1.37. The number of hydrogen-bond acceptors (Lipinski definition) is 6. The molecule has 0 unspecified atom stereocenters. The predicted octanol–water partition coefficient (Wildman–Crippen LogP) is -2.18. The molecule has 0 spiro atoms. The highest BCUT2D eigenvalue weighted by atomic mass is 16.7. The van der Waals surface area contributed by atoms with Crippen molar-refractivity contribution in [1.82, 2.24) is 0 Å². The normalized spacial score (nSPS) is 43.1. The molecule has 6 heteroatoms. The van der Waals surface area contributed by atoms with Gasteiger partial charge in [0.05, 0.1) is 13.2 Å². The monoisotopic (exact) mass is 208 g/mol. The van der Waals surface area contributed by atoms with Gasteiger partial charge in [-0.05, 0) is 6.92 Å². The Bertz CT molecular complexity index is 187. The average Bonchev–Trinajstić information content (AvgIpc) is 2.41. The molecule has 4 atom stereocenters. The van der Waals surface area contributed by atoms with Gasteiger partial charge in [0.1, 0.15) is 18.3 Å². The Morgan fingerprint density at radius 1 is 1.43 bits per heavy atom. The first-order chi connectivity index (χ1) is 6.55. The van der Waals surface area contributed by atoms with Gasteiger partial charge in [0, 0.05) is 6.61 Å². The van der Waals surface area contributed by atoms with Crippen molar-refractivity contribution < 1.29 is 29.9 Å². The van der Waals surface area contributed by atoms with Crippen LogP contribution in [0.5, 0.6) is 0 Å². The van der Waals surface area contributed by atoms with E-state index in [1.165, 1.54) is 0 Å². The van der Waals surface area contributed by atoms with E-state index in [0.29, 0.717) is 6.61 Å². The Kier molecular flexibility index (Phi) is 3.82. The molecule has 14 heavy (non-hydrogen) atoms. The van der Waals surface area contributed by atoms with E-state index in [9.17, 15) is 15.3 Å². The first-order valence-electron chi connectivity index (χ1n) is 4.50.